The van der Waals surface area contributed by atoms with Gasteiger partial charge in [-0.3, -0.25) is 13.9 Å². The first-order valence-corrected chi connectivity index (χ1v) is 8.74. The summed E-state index contributed by atoms with van der Waals surface area (Å²) in [6, 6.07) is 4.95. The summed E-state index contributed by atoms with van der Waals surface area (Å²) in [6.07, 6.45) is 0. The molecule has 8 nitrogen and oxygen atoms in total. The molecule has 0 aliphatic carbocycles. The summed E-state index contributed by atoms with van der Waals surface area (Å²) in [5.41, 5.74) is 4.17. The minimum atomic E-state index is -0.463. The molecule has 0 radical (unpaired) electrons. The molecule has 1 aromatic carbocycles. The number of imidazole rings is 1. The summed E-state index contributed by atoms with van der Waals surface area (Å²) in [7, 11) is 3.31. The average Bonchev–Trinajstić information content (AvgIpc) is 2.93. The normalized spacial score (nSPS) is 11.3. The number of aryl methyl sites for hydroxylation is 2. The third kappa shape index (κ3) is 3.11. The van der Waals surface area contributed by atoms with Crippen LogP contribution in [0.15, 0.2) is 27.8 Å². The first-order valence-electron chi connectivity index (χ1n) is 7.98. The molecule has 0 atom stereocenters. The van der Waals surface area contributed by atoms with E-state index in [1.807, 2.05) is 0 Å². The molecule has 0 fully saturated rings. The van der Waals surface area contributed by atoms with Crippen LogP contribution in [0.4, 0.5) is 5.95 Å². The lowest BCUT2D eigenvalue weighted by molar-refractivity contribution is -0.362. The first-order chi connectivity index (χ1) is 12.3. The Labute approximate surface area is 158 Å². The SMILES string of the molecule is Cn1c(NCC[NH3+])nc2c1c(=O)n(Cc1ccc(Cl)cc1Cl)c(=O)n2C. The Balaban J connectivity index is 2.19. The average molecular weight is 398 g/mol. The van der Waals surface area contributed by atoms with Crippen molar-refractivity contribution in [3.05, 3.63) is 54.6 Å². The second kappa shape index (κ2) is 7.14. The number of aromatic nitrogens is 4. The minimum absolute atomic E-state index is 0.0459. The summed E-state index contributed by atoms with van der Waals surface area (Å²) in [5.74, 6) is 0.512. The number of nitrogens with zero attached hydrogens (tertiary/aromatic N) is 4. The van der Waals surface area contributed by atoms with Crippen LogP contribution in [0.1, 0.15) is 5.56 Å². The zero-order valence-corrected chi connectivity index (χ0v) is 15.9. The maximum Gasteiger partial charge on any atom is 0.332 e. The van der Waals surface area contributed by atoms with Crippen molar-refractivity contribution in [3.8, 4) is 0 Å². The fraction of sp³-hybridized carbons (Fsp3) is 0.312. The van der Waals surface area contributed by atoms with Crippen LogP contribution in [0.5, 0.6) is 0 Å². The second-order valence-electron chi connectivity index (χ2n) is 5.92. The molecule has 0 saturated heterocycles. The molecule has 3 aromatic rings. The summed E-state index contributed by atoms with van der Waals surface area (Å²) in [4.78, 5) is 30.0. The van der Waals surface area contributed by atoms with Crippen molar-refractivity contribution in [2.75, 3.05) is 18.4 Å². The highest BCUT2D eigenvalue weighted by Gasteiger charge is 2.19. The van der Waals surface area contributed by atoms with Gasteiger partial charge in [0.2, 0.25) is 5.95 Å². The van der Waals surface area contributed by atoms with E-state index in [-0.39, 0.29) is 6.54 Å². The van der Waals surface area contributed by atoms with Gasteiger partial charge in [-0.1, -0.05) is 29.3 Å². The molecule has 10 heteroatoms. The van der Waals surface area contributed by atoms with Crippen molar-refractivity contribution in [2.45, 2.75) is 6.54 Å². The van der Waals surface area contributed by atoms with Crippen molar-refractivity contribution in [3.63, 3.8) is 0 Å². The molecule has 0 spiro atoms. The number of halogens is 2. The molecule has 0 amide bonds. The van der Waals surface area contributed by atoms with E-state index >= 15 is 0 Å². The molecule has 0 saturated carbocycles. The van der Waals surface area contributed by atoms with Gasteiger partial charge in [-0.25, -0.2) is 4.79 Å². The van der Waals surface area contributed by atoms with E-state index in [4.69, 9.17) is 23.2 Å². The summed E-state index contributed by atoms with van der Waals surface area (Å²) < 4.78 is 4.15. The third-order valence-electron chi connectivity index (χ3n) is 4.16. The van der Waals surface area contributed by atoms with E-state index in [0.29, 0.717) is 45.8 Å². The van der Waals surface area contributed by atoms with E-state index in [1.54, 1.807) is 36.9 Å². The number of hydrogen-bond acceptors (Lipinski definition) is 4. The Hall–Kier alpha value is -2.29. The predicted molar refractivity (Wildman–Crippen MR) is 102 cm³/mol. The highest BCUT2D eigenvalue weighted by molar-refractivity contribution is 6.35. The summed E-state index contributed by atoms with van der Waals surface area (Å²) in [5, 5.41) is 3.99. The van der Waals surface area contributed by atoms with Crippen LogP contribution < -0.4 is 22.3 Å². The molecule has 0 bridgehead atoms. The van der Waals surface area contributed by atoms with Crippen molar-refractivity contribution in [1.29, 1.82) is 0 Å². The van der Waals surface area contributed by atoms with Gasteiger partial charge in [0.05, 0.1) is 19.6 Å². The predicted octanol–water partition coefficient (Wildman–Crippen LogP) is 0.443. The monoisotopic (exact) mass is 397 g/mol. The van der Waals surface area contributed by atoms with Crippen LogP contribution in [0.25, 0.3) is 11.2 Å². The van der Waals surface area contributed by atoms with Crippen LogP contribution in [0.2, 0.25) is 10.0 Å². The van der Waals surface area contributed by atoms with E-state index in [9.17, 15) is 9.59 Å². The number of anilines is 1. The van der Waals surface area contributed by atoms with Crippen molar-refractivity contribution in [1.82, 2.24) is 18.7 Å². The third-order valence-corrected chi connectivity index (χ3v) is 4.75. The molecule has 138 valence electrons. The highest BCUT2D eigenvalue weighted by Crippen LogP contribution is 2.21. The quantitative estimate of drug-likeness (QED) is 0.651. The van der Waals surface area contributed by atoms with Gasteiger partial charge in [-0.05, 0) is 17.7 Å². The molecule has 2 aromatic heterocycles. The lowest BCUT2D eigenvalue weighted by atomic mass is 10.2. The van der Waals surface area contributed by atoms with Crippen LogP contribution in [-0.4, -0.2) is 31.8 Å². The van der Waals surface area contributed by atoms with E-state index in [0.717, 1.165) is 4.57 Å². The molecule has 0 aliphatic heterocycles. The van der Waals surface area contributed by atoms with Crippen LogP contribution >= 0.6 is 23.2 Å². The fourth-order valence-electron chi connectivity index (χ4n) is 2.76. The number of fused-ring (bicyclic) bond motifs is 1. The van der Waals surface area contributed by atoms with Gasteiger partial charge in [0.25, 0.3) is 5.56 Å². The van der Waals surface area contributed by atoms with Crippen molar-refractivity contribution in [2.24, 2.45) is 14.1 Å². The Morgan fingerprint density at radius 2 is 1.92 bits per heavy atom. The molecular weight excluding hydrogens is 379 g/mol. The standard InChI is InChI=1S/C16H18Cl2N6O2/c1-22-12-13(21-15(22)20-6-5-19)23(2)16(26)24(14(12)25)8-9-3-4-10(17)7-11(9)18/h3-4,7H,5-6,8,19H2,1-2H3,(H,20,21)/p+1. The Morgan fingerprint density at radius 1 is 1.19 bits per heavy atom. The van der Waals surface area contributed by atoms with E-state index < -0.39 is 11.2 Å². The Morgan fingerprint density at radius 3 is 2.58 bits per heavy atom. The van der Waals surface area contributed by atoms with Gasteiger partial charge >= 0.3 is 5.69 Å². The first kappa shape index (κ1) is 18.5. The molecule has 0 aliphatic rings. The van der Waals surface area contributed by atoms with Gasteiger partial charge < -0.3 is 15.6 Å². The largest absolute Gasteiger partial charge is 0.356 e. The number of hydrogen-bond donors (Lipinski definition) is 2. The van der Waals surface area contributed by atoms with Gasteiger partial charge in [-0.15, -0.1) is 0 Å². The van der Waals surface area contributed by atoms with Crippen LogP contribution in [0, 0.1) is 0 Å². The molecule has 4 N–H and O–H groups in total. The minimum Gasteiger partial charge on any atom is -0.356 e. The molecular formula is C16H19Cl2N6O2+. The molecule has 26 heavy (non-hydrogen) atoms. The second-order valence-corrected chi connectivity index (χ2v) is 6.76. The molecule has 3 rings (SSSR count). The maximum atomic E-state index is 13.0. The number of quaternary nitrogens is 1. The van der Waals surface area contributed by atoms with Gasteiger partial charge in [0.1, 0.15) is 0 Å². The number of nitrogens with one attached hydrogen (secondary N) is 1. The fourth-order valence-corrected chi connectivity index (χ4v) is 3.23. The van der Waals surface area contributed by atoms with Crippen LogP contribution in [-0.2, 0) is 20.6 Å². The maximum absolute atomic E-state index is 13.0. The lowest BCUT2D eigenvalue weighted by Gasteiger charge is -2.10. The number of rotatable bonds is 5. The van der Waals surface area contributed by atoms with E-state index in [1.165, 1.54) is 4.57 Å². The number of benzene rings is 1. The summed E-state index contributed by atoms with van der Waals surface area (Å²) >= 11 is 12.1. The topological polar surface area (TPSA) is 101 Å². The zero-order valence-electron chi connectivity index (χ0n) is 14.4. The molecule has 0 unspecified atom stereocenters. The van der Waals surface area contributed by atoms with Gasteiger partial charge in [0.15, 0.2) is 11.2 Å². The molecule has 2 heterocycles. The van der Waals surface area contributed by atoms with Gasteiger partial charge in [0, 0.05) is 24.1 Å². The van der Waals surface area contributed by atoms with Crippen molar-refractivity contribution < 1.29 is 5.73 Å². The van der Waals surface area contributed by atoms with Crippen molar-refractivity contribution >= 4 is 40.3 Å². The Bertz CT molecular complexity index is 1100. The highest BCUT2D eigenvalue weighted by atomic mass is 35.5. The summed E-state index contributed by atoms with van der Waals surface area (Å²) in [6.45, 7) is 1.32. The smallest absolute Gasteiger partial charge is 0.332 e. The van der Waals surface area contributed by atoms with Gasteiger partial charge in [-0.2, -0.15) is 4.98 Å². The Kier molecular flexibility index (Phi) is 5.08. The van der Waals surface area contributed by atoms with Crippen LogP contribution in [0.3, 0.4) is 0 Å². The lowest BCUT2D eigenvalue weighted by Crippen LogP contribution is -2.53. The zero-order chi connectivity index (χ0) is 19.0. The van der Waals surface area contributed by atoms with E-state index in [2.05, 4.69) is 16.0 Å².